The number of hydrogen-bond acceptors (Lipinski definition) is 3. The van der Waals surface area contributed by atoms with Gasteiger partial charge < -0.3 is 9.15 Å². The molecule has 0 fully saturated rings. The van der Waals surface area contributed by atoms with E-state index in [1.807, 2.05) is 0 Å². The molecule has 0 atom stereocenters. The molecule has 0 aromatic carbocycles. The van der Waals surface area contributed by atoms with Crippen LogP contribution < -0.4 is 4.74 Å². The van der Waals surface area contributed by atoms with Crippen molar-refractivity contribution in [1.82, 2.24) is 4.98 Å². The average molecular weight is 218 g/mol. The van der Waals surface area contributed by atoms with E-state index in [1.54, 1.807) is 0 Å². The third kappa shape index (κ3) is 4.01. The summed E-state index contributed by atoms with van der Waals surface area (Å²) < 4.78 is 10.3. The van der Waals surface area contributed by atoms with Gasteiger partial charge in [0.15, 0.2) is 0 Å². The van der Waals surface area contributed by atoms with Gasteiger partial charge in [-0.3, -0.25) is 0 Å². The Labute approximate surface area is 89.4 Å². The lowest BCUT2D eigenvalue weighted by Gasteiger charge is -2.03. The quantitative estimate of drug-likeness (QED) is 0.542. The first-order valence-corrected chi connectivity index (χ1v) is 5.39. The van der Waals surface area contributed by atoms with Crippen LogP contribution in [0.3, 0.4) is 0 Å². The number of nitrogens with zero attached hydrogens (tertiary/aromatic N) is 1. The zero-order valence-corrected chi connectivity index (χ0v) is 9.38. The minimum atomic E-state index is 0.324. The van der Waals surface area contributed by atoms with Crippen LogP contribution in [-0.4, -0.2) is 11.6 Å². The van der Waals surface area contributed by atoms with Gasteiger partial charge in [-0.15, -0.1) is 11.6 Å². The fraction of sp³-hybridized carbons (Fsp3) is 0.700. The Morgan fingerprint density at radius 1 is 1.57 bits per heavy atom. The lowest BCUT2D eigenvalue weighted by molar-refractivity contribution is 0.221. The third-order valence-corrected chi connectivity index (χ3v) is 2.09. The van der Waals surface area contributed by atoms with Crippen molar-refractivity contribution in [3.05, 3.63) is 12.0 Å². The van der Waals surface area contributed by atoms with Gasteiger partial charge in [0.2, 0.25) is 0 Å². The molecule has 4 heteroatoms. The first kappa shape index (κ1) is 11.4. The van der Waals surface area contributed by atoms with E-state index in [4.69, 9.17) is 20.8 Å². The second-order valence-corrected chi connectivity index (χ2v) is 3.89. The van der Waals surface area contributed by atoms with E-state index in [9.17, 15) is 0 Å². The lowest BCUT2D eigenvalue weighted by Crippen LogP contribution is -1.99. The second-order valence-electron chi connectivity index (χ2n) is 3.62. The topological polar surface area (TPSA) is 35.3 Å². The molecule has 0 aliphatic carbocycles. The van der Waals surface area contributed by atoms with Crippen LogP contribution in [0.4, 0.5) is 0 Å². The number of hydrogen-bond donors (Lipinski definition) is 0. The predicted molar refractivity (Wildman–Crippen MR) is 55.6 cm³/mol. The molecule has 1 aromatic heterocycles. The first-order valence-electron chi connectivity index (χ1n) is 4.85. The molecular weight excluding hydrogens is 202 g/mol. The maximum Gasteiger partial charge on any atom is 0.393 e. The van der Waals surface area contributed by atoms with Gasteiger partial charge in [-0.1, -0.05) is 13.8 Å². The van der Waals surface area contributed by atoms with Crippen LogP contribution in [0.15, 0.2) is 10.7 Å². The molecule has 0 aliphatic rings. The summed E-state index contributed by atoms with van der Waals surface area (Å²) in [6.45, 7) is 5.04. The highest BCUT2D eigenvalue weighted by molar-refractivity contribution is 6.16. The largest absolute Gasteiger partial charge is 0.450 e. The maximum absolute atomic E-state index is 5.57. The number of rotatable bonds is 6. The molecule has 3 nitrogen and oxygen atoms in total. The molecule has 0 bridgehead atoms. The molecular formula is C10H16ClNO2. The molecule has 1 rings (SSSR count). The molecule has 0 saturated heterocycles. The van der Waals surface area contributed by atoms with Crippen LogP contribution >= 0.6 is 11.6 Å². The Bertz CT molecular complexity index is 260. The Balaban J connectivity index is 2.18. The molecule has 1 heterocycles. The van der Waals surface area contributed by atoms with Crippen LogP contribution in [0.1, 0.15) is 32.4 Å². The summed E-state index contributed by atoms with van der Waals surface area (Å²) in [6, 6.07) is 0. The molecule has 0 amide bonds. The van der Waals surface area contributed by atoms with Crippen LogP contribution in [0.5, 0.6) is 6.08 Å². The summed E-state index contributed by atoms with van der Waals surface area (Å²) in [7, 11) is 0. The van der Waals surface area contributed by atoms with Crippen LogP contribution in [0, 0.1) is 5.92 Å². The molecule has 1 aromatic rings. The van der Waals surface area contributed by atoms with Crippen LogP contribution in [-0.2, 0) is 5.88 Å². The summed E-state index contributed by atoms with van der Waals surface area (Å²) >= 11 is 5.57. The SMILES string of the molecule is CC(C)CCCOc1nc(CCl)co1. The Hall–Kier alpha value is -0.700. The molecule has 0 aliphatic heterocycles. The number of alkyl halides is 1. The average Bonchev–Trinajstić information content (AvgIpc) is 2.60. The van der Waals surface area contributed by atoms with Gasteiger partial charge in [-0.05, 0) is 18.8 Å². The van der Waals surface area contributed by atoms with Crippen molar-refractivity contribution in [3.63, 3.8) is 0 Å². The van der Waals surface area contributed by atoms with Crippen molar-refractivity contribution in [2.45, 2.75) is 32.6 Å². The Morgan fingerprint density at radius 3 is 2.93 bits per heavy atom. The fourth-order valence-corrected chi connectivity index (χ4v) is 1.19. The van der Waals surface area contributed by atoms with Crippen molar-refractivity contribution in [1.29, 1.82) is 0 Å². The minimum Gasteiger partial charge on any atom is -0.450 e. The van der Waals surface area contributed by atoms with Crippen LogP contribution in [0.2, 0.25) is 0 Å². The summed E-state index contributed by atoms with van der Waals surface area (Å²) in [4.78, 5) is 4.02. The maximum atomic E-state index is 5.57. The highest BCUT2D eigenvalue weighted by Crippen LogP contribution is 2.12. The van der Waals surface area contributed by atoms with E-state index >= 15 is 0 Å². The molecule has 14 heavy (non-hydrogen) atoms. The van der Waals surface area contributed by atoms with Gasteiger partial charge in [0.25, 0.3) is 0 Å². The standard InChI is InChI=1S/C10H16ClNO2/c1-8(2)4-3-5-13-10-12-9(6-11)7-14-10/h7-8H,3-6H2,1-2H3. The third-order valence-electron chi connectivity index (χ3n) is 1.82. The highest BCUT2D eigenvalue weighted by atomic mass is 35.5. The molecule has 0 radical (unpaired) electrons. The highest BCUT2D eigenvalue weighted by Gasteiger charge is 2.03. The van der Waals surface area contributed by atoms with Gasteiger partial charge in [0.05, 0.1) is 18.2 Å². The molecule has 0 unspecified atom stereocenters. The van der Waals surface area contributed by atoms with E-state index in [2.05, 4.69) is 18.8 Å². The van der Waals surface area contributed by atoms with Gasteiger partial charge in [0, 0.05) is 0 Å². The van der Waals surface area contributed by atoms with Gasteiger partial charge in [-0.25, -0.2) is 0 Å². The van der Waals surface area contributed by atoms with Crippen molar-refractivity contribution in [3.8, 4) is 6.08 Å². The smallest absolute Gasteiger partial charge is 0.393 e. The summed E-state index contributed by atoms with van der Waals surface area (Å²) in [5.74, 6) is 1.07. The van der Waals surface area contributed by atoms with E-state index in [1.165, 1.54) is 6.26 Å². The fourth-order valence-electron chi connectivity index (χ4n) is 1.07. The number of ether oxygens (including phenoxy) is 1. The number of aromatic nitrogens is 1. The summed E-state index contributed by atoms with van der Waals surface area (Å²) in [6.07, 6.45) is 4.02. The van der Waals surface area contributed by atoms with Crippen molar-refractivity contribution < 1.29 is 9.15 Å². The van der Waals surface area contributed by atoms with Crippen molar-refractivity contribution in [2.24, 2.45) is 5.92 Å². The molecule has 80 valence electrons. The monoisotopic (exact) mass is 217 g/mol. The minimum absolute atomic E-state index is 0.324. The molecule has 0 saturated carbocycles. The Kier molecular flexibility index (Phi) is 4.80. The summed E-state index contributed by atoms with van der Waals surface area (Å²) in [5.41, 5.74) is 0.713. The van der Waals surface area contributed by atoms with Gasteiger partial charge in [0.1, 0.15) is 6.26 Å². The van der Waals surface area contributed by atoms with Gasteiger partial charge >= 0.3 is 6.08 Å². The zero-order valence-electron chi connectivity index (χ0n) is 8.62. The molecule has 0 N–H and O–H groups in total. The molecule has 0 spiro atoms. The number of oxazole rings is 1. The first-order chi connectivity index (χ1) is 6.72. The van der Waals surface area contributed by atoms with E-state index < -0.39 is 0 Å². The lowest BCUT2D eigenvalue weighted by atomic mass is 10.1. The van der Waals surface area contributed by atoms with Crippen LogP contribution in [0.25, 0.3) is 0 Å². The predicted octanol–water partition coefficient (Wildman–Crippen LogP) is 3.23. The van der Waals surface area contributed by atoms with Gasteiger partial charge in [-0.2, -0.15) is 4.98 Å². The van der Waals surface area contributed by atoms with E-state index in [0.29, 0.717) is 30.2 Å². The van der Waals surface area contributed by atoms with Crippen molar-refractivity contribution in [2.75, 3.05) is 6.61 Å². The van der Waals surface area contributed by atoms with Crippen molar-refractivity contribution >= 4 is 11.6 Å². The number of halogens is 1. The van der Waals surface area contributed by atoms with E-state index in [-0.39, 0.29) is 0 Å². The second kappa shape index (κ2) is 5.91. The normalized spacial score (nSPS) is 10.9. The zero-order chi connectivity index (χ0) is 10.4. The van der Waals surface area contributed by atoms with E-state index in [0.717, 1.165) is 12.8 Å². The summed E-state index contributed by atoms with van der Waals surface area (Å²) in [5, 5.41) is 0. The Morgan fingerprint density at radius 2 is 2.36 bits per heavy atom.